The topological polar surface area (TPSA) is 75.7 Å². The second-order valence-electron chi connectivity index (χ2n) is 6.63. The molecular formula is C20H24N2O4S. The number of amides is 1. The van der Waals surface area contributed by atoms with Gasteiger partial charge in [-0.15, -0.1) is 0 Å². The highest BCUT2D eigenvalue weighted by Gasteiger charge is 2.26. The van der Waals surface area contributed by atoms with Gasteiger partial charge in [0.25, 0.3) is 5.91 Å². The van der Waals surface area contributed by atoms with E-state index in [1.165, 1.54) is 10.6 Å². The molecule has 0 spiro atoms. The first-order valence-electron chi connectivity index (χ1n) is 8.94. The van der Waals surface area contributed by atoms with E-state index in [2.05, 4.69) is 5.32 Å². The van der Waals surface area contributed by atoms with E-state index in [0.29, 0.717) is 30.8 Å². The molecular weight excluding hydrogens is 364 g/mol. The van der Waals surface area contributed by atoms with Crippen LogP contribution in [-0.4, -0.2) is 33.7 Å². The van der Waals surface area contributed by atoms with Gasteiger partial charge in [0.1, 0.15) is 5.75 Å². The van der Waals surface area contributed by atoms with Gasteiger partial charge in [-0.2, -0.15) is 0 Å². The molecule has 2 aromatic rings. The number of rotatable bonds is 6. The molecule has 3 rings (SSSR count). The number of hydrogen-bond donors (Lipinski definition) is 1. The van der Waals surface area contributed by atoms with Crippen LogP contribution in [0, 0.1) is 0 Å². The first kappa shape index (κ1) is 19.2. The largest absolute Gasteiger partial charge is 0.494 e. The molecule has 1 heterocycles. The Hall–Kier alpha value is -2.54. The summed E-state index contributed by atoms with van der Waals surface area (Å²) in [5.41, 5.74) is 3.05. The third-order valence-electron chi connectivity index (χ3n) is 4.63. The SMILES string of the molecule is CCOc1ccc(C(C)NC(=O)c2ccc3c(c2)CCN3S(C)(=O)=O)cc1. The van der Waals surface area contributed by atoms with Crippen LogP contribution in [0.3, 0.4) is 0 Å². The first-order valence-corrected chi connectivity index (χ1v) is 10.8. The summed E-state index contributed by atoms with van der Waals surface area (Å²) in [7, 11) is -3.29. The molecule has 144 valence electrons. The van der Waals surface area contributed by atoms with E-state index in [1.807, 2.05) is 38.1 Å². The normalized spacial score (nSPS) is 14.6. The second-order valence-corrected chi connectivity index (χ2v) is 8.53. The van der Waals surface area contributed by atoms with E-state index in [4.69, 9.17) is 4.74 Å². The smallest absolute Gasteiger partial charge is 0.251 e. The molecule has 1 aliphatic rings. The fourth-order valence-corrected chi connectivity index (χ4v) is 4.20. The van der Waals surface area contributed by atoms with Crippen LogP contribution in [-0.2, 0) is 16.4 Å². The molecule has 0 radical (unpaired) electrons. The van der Waals surface area contributed by atoms with Crippen molar-refractivity contribution in [3.05, 3.63) is 59.2 Å². The number of carbonyl (C=O) groups is 1. The Labute approximate surface area is 160 Å². The molecule has 1 atom stereocenters. The maximum Gasteiger partial charge on any atom is 0.251 e. The zero-order valence-electron chi connectivity index (χ0n) is 15.7. The zero-order valence-corrected chi connectivity index (χ0v) is 16.5. The Kier molecular flexibility index (Phi) is 5.41. The van der Waals surface area contributed by atoms with E-state index >= 15 is 0 Å². The molecule has 1 aliphatic heterocycles. The number of carbonyl (C=O) groups excluding carboxylic acids is 1. The van der Waals surface area contributed by atoms with Gasteiger partial charge in [0.15, 0.2) is 0 Å². The molecule has 7 heteroatoms. The number of anilines is 1. The van der Waals surface area contributed by atoms with Gasteiger partial charge in [-0.05, 0) is 61.7 Å². The number of benzene rings is 2. The van der Waals surface area contributed by atoms with Crippen molar-refractivity contribution in [1.82, 2.24) is 5.32 Å². The lowest BCUT2D eigenvalue weighted by molar-refractivity contribution is 0.0940. The van der Waals surface area contributed by atoms with Crippen LogP contribution in [0.25, 0.3) is 0 Å². The van der Waals surface area contributed by atoms with Crippen LogP contribution in [0.2, 0.25) is 0 Å². The molecule has 1 amide bonds. The highest BCUT2D eigenvalue weighted by Crippen LogP contribution is 2.30. The molecule has 0 saturated heterocycles. The van der Waals surface area contributed by atoms with Crippen molar-refractivity contribution in [1.29, 1.82) is 0 Å². The third kappa shape index (κ3) is 4.24. The van der Waals surface area contributed by atoms with E-state index in [1.54, 1.807) is 18.2 Å². The Morgan fingerprint density at radius 2 is 1.93 bits per heavy atom. The van der Waals surface area contributed by atoms with Gasteiger partial charge >= 0.3 is 0 Å². The summed E-state index contributed by atoms with van der Waals surface area (Å²) in [6, 6.07) is 12.6. The maximum atomic E-state index is 12.6. The summed E-state index contributed by atoms with van der Waals surface area (Å²) in [4.78, 5) is 12.6. The minimum absolute atomic E-state index is 0.158. The second kappa shape index (κ2) is 7.60. The minimum Gasteiger partial charge on any atom is -0.494 e. The van der Waals surface area contributed by atoms with Gasteiger partial charge in [-0.25, -0.2) is 8.42 Å². The van der Waals surface area contributed by atoms with E-state index < -0.39 is 10.0 Å². The third-order valence-corrected chi connectivity index (χ3v) is 5.81. The van der Waals surface area contributed by atoms with Crippen molar-refractivity contribution < 1.29 is 17.9 Å². The standard InChI is InChI=1S/C20H24N2O4S/c1-4-26-18-8-5-15(6-9-18)14(2)21-20(23)17-7-10-19-16(13-17)11-12-22(19)27(3,24)25/h5-10,13-14H,4,11-12H2,1-3H3,(H,21,23). The van der Waals surface area contributed by atoms with Gasteiger partial charge in [-0.1, -0.05) is 12.1 Å². The molecule has 0 saturated carbocycles. The molecule has 0 aliphatic carbocycles. The molecule has 0 aromatic heterocycles. The highest BCUT2D eigenvalue weighted by molar-refractivity contribution is 7.92. The first-order chi connectivity index (χ1) is 12.8. The summed E-state index contributed by atoms with van der Waals surface area (Å²) in [5.74, 6) is 0.616. The number of ether oxygens (including phenoxy) is 1. The van der Waals surface area contributed by atoms with Crippen LogP contribution >= 0.6 is 0 Å². The summed E-state index contributed by atoms with van der Waals surface area (Å²) in [6.07, 6.45) is 1.80. The van der Waals surface area contributed by atoms with Crippen LogP contribution in [0.1, 0.15) is 41.4 Å². The minimum atomic E-state index is -3.29. The lowest BCUT2D eigenvalue weighted by Crippen LogP contribution is -2.28. The maximum absolute atomic E-state index is 12.6. The van der Waals surface area contributed by atoms with Crippen molar-refractivity contribution in [2.75, 3.05) is 23.7 Å². The number of fused-ring (bicyclic) bond motifs is 1. The van der Waals surface area contributed by atoms with Crippen LogP contribution in [0.4, 0.5) is 5.69 Å². The predicted octanol–water partition coefficient (Wildman–Crippen LogP) is 2.90. The number of nitrogens with one attached hydrogen (secondary N) is 1. The zero-order chi connectivity index (χ0) is 19.6. The summed E-state index contributed by atoms with van der Waals surface area (Å²) >= 11 is 0. The number of nitrogens with zero attached hydrogens (tertiary/aromatic N) is 1. The molecule has 0 bridgehead atoms. The van der Waals surface area contributed by atoms with Crippen LogP contribution in [0.15, 0.2) is 42.5 Å². The van der Waals surface area contributed by atoms with Gasteiger partial charge in [0.2, 0.25) is 10.0 Å². The lowest BCUT2D eigenvalue weighted by Gasteiger charge is -2.17. The van der Waals surface area contributed by atoms with Crippen molar-refractivity contribution in [2.24, 2.45) is 0 Å². The van der Waals surface area contributed by atoms with E-state index in [9.17, 15) is 13.2 Å². The Balaban J connectivity index is 1.71. The van der Waals surface area contributed by atoms with E-state index in [-0.39, 0.29) is 11.9 Å². The van der Waals surface area contributed by atoms with Crippen molar-refractivity contribution in [3.8, 4) is 5.75 Å². The summed E-state index contributed by atoms with van der Waals surface area (Å²) in [5, 5.41) is 2.98. The summed E-state index contributed by atoms with van der Waals surface area (Å²) in [6.45, 7) is 4.89. The van der Waals surface area contributed by atoms with Crippen LogP contribution in [0.5, 0.6) is 5.75 Å². The Morgan fingerprint density at radius 1 is 1.22 bits per heavy atom. The quantitative estimate of drug-likeness (QED) is 0.826. The molecule has 2 aromatic carbocycles. The monoisotopic (exact) mass is 388 g/mol. The average Bonchev–Trinajstić information content (AvgIpc) is 3.06. The Bertz CT molecular complexity index is 939. The molecule has 1 unspecified atom stereocenters. The highest BCUT2D eigenvalue weighted by atomic mass is 32.2. The summed E-state index contributed by atoms with van der Waals surface area (Å²) < 4.78 is 30.5. The fraction of sp³-hybridized carbons (Fsp3) is 0.350. The van der Waals surface area contributed by atoms with Crippen molar-refractivity contribution in [2.45, 2.75) is 26.3 Å². The fourth-order valence-electron chi connectivity index (χ4n) is 3.24. The molecule has 27 heavy (non-hydrogen) atoms. The Morgan fingerprint density at radius 3 is 2.56 bits per heavy atom. The van der Waals surface area contributed by atoms with Gasteiger partial charge in [0, 0.05) is 12.1 Å². The lowest BCUT2D eigenvalue weighted by atomic mass is 10.1. The van der Waals surface area contributed by atoms with Gasteiger partial charge < -0.3 is 10.1 Å². The van der Waals surface area contributed by atoms with Crippen LogP contribution < -0.4 is 14.4 Å². The molecule has 1 N–H and O–H groups in total. The van der Waals surface area contributed by atoms with Crippen molar-refractivity contribution >= 4 is 21.6 Å². The van der Waals surface area contributed by atoms with E-state index in [0.717, 1.165) is 16.9 Å². The number of hydrogen-bond acceptors (Lipinski definition) is 4. The van der Waals surface area contributed by atoms with Gasteiger partial charge in [-0.3, -0.25) is 9.10 Å². The molecule has 0 fully saturated rings. The molecule has 6 nitrogen and oxygen atoms in total. The van der Waals surface area contributed by atoms with Gasteiger partial charge in [0.05, 0.1) is 24.6 Å². The average molecular weight is 388 g/mol. The number of sulfonamides is 1. The van der Waals surface area contributed by atoms with Crippen molar-refractivity contribution in [3.63, 3.8) is 0 Å². The predicted molar refractivity (Wildman–Crippen MR) is 106 cm³/mol.